The third kappa shape index (κ3) is 1.74. The average Bonchev–Trinajstić information content (AvgIpc) is 2.60. The normalized spacial score (nSPS) is 13.1. The maximum atomic E-state index is 2.26. The fraction of sp³-hybridized carbons (Fsp3) is 0. The molecular weight excluding hydrogens is 304 g/mol. The first-order valence-corrected chi connectivity index (χ1v) is 9.45. The van der Waals surface area contributed by atoms with E-state index in [4.69, 9.17) is 0 Å². The Labute approximate surface area is 136 Å². The third-order valence-electron chi connectivity index (χ3n) is 4.25. The molecule has 2 heteroatoms. The number of hydrogen-bond acceptors (Lipinski definition) is 2. The van der Waals surface area contributed by atoms with Crippen LogP contribution in [0.1, 0.15) is 0 Å². The predicted molar refractivity (Wildman–Crippen MR) is 98.6 cm³/mol. The zero-order valence-corrected chi connectivity index (χ0v) is 13.4. The molecule has 0 bridgehead atoms. The summed E-state index contributed by atoms with van der Waals surface area (Å²) < 4.78 is 0. The summed E-state index contributed by atoms with van der Waals surface area (Å²) in [4.78, 5) is 2.74. The lowest BCUT2D eigenvalue weighted by molar-refractivity contribution is 1.43. The summed E-state index contributed by atoms with van der Waals surface area (Å²) in [5.41, 5.74) is 2.79. The molecule has 0 unspecified atom stereocenters. The third-order valence-corrected chi connectivity index (χ3v) is 6.70. The second-order valence-electron chi connectivity index (χ2n) is 5.49. The Kier molecular flexibility index (Phi) is 2.76. The van der Waals surface area contributed by atoms with Crippen molar-refractivity contribution in [3.8, 4) is 11.1 Å². The van der Waals surface area contributed by atoms with E-state index in [0.717, 1.165) is 0 Å². The molecule has 1 aliphatic rings. The predicted octanol–water partition coefficient (Wildman–Crippen LogP) is 6.77. The lowest BCUT2D eigenvalue weighted by atomic mass is 9.94. The van der Waals surface area contributed by atoms with Gasteiger partial charge in [0.15, 0.2) is 0 Å². The van der Waals surface area contributed by atoms with Gasteiger partial charge in [-0.1, -0.05) is 82.3 Å². The minimum atomic E-state index is 1.31. The minimum Gasteiger partial charge on any atom is -0.0616 e. The van der Waals surface area contributed by atoms with Gasteiger partial charge in [0.1, 0.15) is 0 Å². The summed E-state index contributed by atoms with van der Waals surface area (Å²) in [6.07, 6.45) is 0. The molecule has 0 fully saturated rings. The van der Waals surface area contributed by atoms with Gasteiger partial charge in [-0.15, -0.1) is 0 Å². The summed E-state index contributed by atoms with van der Waals surface area (Å²) in [6, 6.07) is 26.4. The van der Waals surface area contributed by atoms with Crippen LogP contribution in [0.3, 0.4) is 0 Å². The van der Waals surface area contributed by atoms with Gasteiger partial charge in [0.05, 0.1) is 0 Å². The first-order valence-electron chi connectivity index (χ1n) is 7.30. The van der Waals surface area contributed by atoms with Crippen molar-refractivity contribution in [2.24, 2.45) is 0 Å². The van der Waals surface area contributed by atoms with E-state index in [1.165, 1.54) is 42.5 Å². The molecule has 0 spiro atoms. The van der Waals surface area contributed by atoms with Crippen molar-refractivity contribution < 1.29 is 0 Å². The number of rotatable bonds is 0. The highest BCUT2D eigenvalue weighted by Crippen LogP contribution is 2.54. The largest absolute Gasteiger partial charge is 0.0616 e. The molecule has 4 aromatic rings. The lowest BCUT2D eigenvalue weighted by Gasteiger charge is -2.22. The Morgan fingerprint density at radius 2 is 0.909 bits per heavy atom. The lowest BCUT2D eigenvalue weighted by Crippen LogP contribution is -1.93. The molecule has 1 heterocycles. The van der Waals surface area contributed by atoms with E-state index in [9.17, 15) is 0 Å². The van der Waals surface area contributed by atoms with Gasteiger partial charge in [0.25, 0.3) is 0 Å². The van der Waals surface area contributed by atoms with E-state index in [0.29, 0.717) is 0 Å². The Morgan fingerprint density at radius 3 is 1.41 bits per heavy atom. The van der Waals surface area contributed by atoms with Crippen molar-refractivity contribution in [2.75, 3.05) is 0 Å². The van der Waals surface area contributed by atoms with Crippen LogP contribution < -0.4 is 0 Å². The first kappa shape index (κ1) is 12.6. The van der Waals surface area contributed by atoms with Gasteiger partial charge < -0.3 is 0 Å². The van der Waals surface area contributed by atoms with E-state index in [1.54, 1.807) is 0 Å². The molecule has 0 radical (unpaired) electrons. The van der Waals surface area contributed by atoms with Crippen molar-refractivity contribution in [1.82, 2.24) is 0 Å². The van der Waals surface area contributed by atoms with Crippen LogP contribution in [0, 0.1) is 0 Å². The summed E-state index contributed by atoms with van der Waals surface area (Å²) in [6.45, 7) is 0. The molecule has 5 rings (SSSR count). The Morgan fingerprint density at radius 1 is 0.455 bits per heavy atom. The van der Waals surface area contributed by atoms with E-state index >= 15 is 0 Å². The molecule has 0 aromatic heterocycles. The number of hydrogen-bond donors (Lipinski definition) is 0. The van der Waals surface area contributed by atoms with Gasteiger partial charge >= 0.3 is 0 Å². The van der Waals surface area contributed by atoms with Crippen LogP contribution >= 0.6 is 21.6 Å². The second kappa shape index (κ2) is 4.80. The summed E-state index contributed by atoms with van der Waals surface area (Å²) in [5, 5.41) is 5.33. The van der Waals surface area contributed by atoms with Crippen LogP contribution in [-0.4, -0.2) is 0 Å². The summed E-state index contributed by atoms with van der Waals surface area (Å²) >= 11 is 0. The van der Waals surface area contributed by atoms with Crippen LogP contribution in [-0.2, 0) is 0 Å². The Hall–Kier alpha value is -1.90. The van der Waals surface area contributed by atoms with E-state index in [2.05, 4.69) is 72.8 Å². The number of benzene rings is 4. The zero-order valence-electron chi connectivity index (χ0n) is 11.7. The molecule has 1 aliphatic heterocycles. The maximum Gasteiger partial charge on any atom is 0.0271 e. The SMILES string of the molecule is c1ccc2c3c(ccc2c1)SSc1ccc2ccccc2c1-3. The fourth-order valence-corrected chi connectivity index (χ4v) is 5.64. The molecular formula is C20H12S2. The summed E-state index contributed by atoms with van der Waals surface area (Å²) in [5.74, 6) is 0. The van der Waals surface area contributed by atoms with Crippen LogP contribution in [0.2, 0.25) is 0 Å². The molecule has 0 saturated carbocycles. The van der Waals surface area contributed by atoms with Crippen molar-refractivity contribution in [3.63, 3.8) is 0 Å². The van der Waals surface area contributed by atoms with Crippen molar-refractivity contribution in [1.29, 1.82) is 0 Å². The Bertz CT molecular complexity index is 949. The van der Waals surface area contributed by atoms with Crippen molar-refractivity contribution in [2.45, 2.75) is 9.79 Å². The minimum absolute atomic E-state index is 1.31. The smallest absolute Gasteiger partial charge is 0.0271 e. The highest BCUT2D eigenvalue weighted by molar-refractivity contribution is 8.76. The summed E-state index contributed by atoms with van der Waals surface area (Å²) in [7, 11) is 3.74. The zero-order chi connectivity index (χ0) is 14.5. The van der Waals surface area contributed by atoms with Crippen LogP contribution in [0.15, 0.2) is 82.6 Å². The van der Waals surface area contributed by atoms with Crippen LogP contribution in [0.4, 0.5) is 0 Å². The topological polar surface area (TPSA) is 0 Å². The number of fused-ring (bicyclic) bond motifs is 7. The Balaban J connectivity index is 2.00. The molecule has 0 nitrogen and oxygen atoms in total. The molecule has 0 aliphatic carbocycles. The quantitative estimate of drug-likeness (QED) is 0.328. The van der Waals surface area contributed by atoms with E-state index in [1.807, 2.05) is 21.6 Å². The van der Waals surface area contributed by atoms with E-state index < -0.39 is 0 Å². The van der Waals surface area contributed by atoms with Gasteiger partial charge in [-0.05, 0) is 33.7 Å². The second-order valence-corrected chi connectivity index (χ2v) is 7.70. The molecule has 22 heavy (non-hydrogen) atoms. The van der Waals surface area contributed by atoms with Crippen LogP contribution in [0.25, 0.3) is 32.7 Å². The molecule has 0 atom stereocenters. The van der Waals surface area contributed by atoms with E-state index in [-0.39, 0.29) is 0 Å². The highest BCUT2D eigenvalue weighted by Gasteiger charge is 2.21. The highest BCUT2D eigenvalue weighted by atomic mass is 33.1. The van der Waals surface area contributed by atoms with Gasteiger partial charge in [0, 0.05) is 20.9 Å². The molecule has 0 saturated heterocycles. The maximum absolute atomic E-state index is 2.26. The van der Waals surface area contributed by atoms with Gasteiger partial charge in [0.2, 0.25) is 0 Å². The average molecular weight is 316 g/mol. The molecule has 104 valence electrons. The molecule has 4 aromatic carbocycles. The van der Waals surface area contributed by atoms with Crippen molar-refractivity contribution >= 4 is 43.1 Å². The first-order chi connectivity index (χ1) is 10.9. The van der Waals surface area contributed by atoms with Gasteiger partial charge in [-0.25, -0.2) is 0 Å². The van der Waals surface area contributed by atoms with Crippen LogP contribution in [0.5, 0.6) is 0 Å². The molecule has 0 N–H and O–H groups in total. The van der Waals surface area contributed by atoms with Crippen molar-refractivity contribution in [3.05, 3.63) is 72.8 Å². The van der Waals surface area contributed by atoms with Gasteiger partial charge in [-0.3, -0.25) is 0 Å². The fourth-order valence-electron chi connectivity index (χ4n) is 3.25. The monoisotopic (exact) mass is 316 g/mol. The standard InChI is InChI=1S/C20H12S2/c1-3-7-15-13(5-1)9-11-17-19(15)20-16-8-4-2-6-14(16)10-12-18(20)22-21-17/h1-12H. The van der Waals surface area contributed by atoms with Gasteiger partial charge in [-0.2, -0.15) is 0 Å². The molecule has 0 amide bonds.